The van der Waals surface area contributed by atoms with E-state index in [2.05, 4.69) is 0 Å². The van der Waals surface area contributed by atoms with Crippen LogP contribution in [0.3, 0.4) is 0 Å². The number of nitrogens with zero attached hydrogens (tertiary/aromatic N) is 2. The van der Waals surface area contributed by atoms with Crippen LogP contribution in [-0.4, -0.2) is 46.3 Å². The third kappa shape index (κ3) is 3.13. The largest absolute Gasteiger partial charge is 0.487 e. The molecule has 23 heavy (non-hydrogen) atoms. The highest BCUT2D eigenvalue weighted by Crippen LogP contribution is 2.31. The van der Waals surface area contributed by atoms with E-state index >= 15 is 0 Å². The first kappa shape index (κ1) is 17.5. The van der Waals surface area contributed by atoms with Gasteiger partial charge in [-0.15, -0.1) is 0 Å². The highest BCUT2D eigenvalue weighted by Gasteiger charge is 2.41. The Hall–Kier alpha value is -1.82. The number of ether oxygens (including phenoxy) is 1. The molecule has 0 fully saturated rings. The van der Waals surface area contributed by atoms with Gasteiger partial charge in [0.05, 0.1) is 18.8 Å². The lowest BCUT2D eigenvalue weighted by molar-refractivity contribution is 0.0345. The van der Waals surface area contributed by atoms with E-state index in [1.54, 1.807) is 15.7 Å². The van der Waals surface area contributed by atoms with Crippen LogP contribution in [0.5, 0.6) is 5.75 Å². The number of rotatable bonds is 6. The molecule has 1 aliphatic heterocycles. The lowest BCUT2D eigenvalue weighted by Gasteiger charge is -2.44. The molecule has 1 atom stereocenters. The van der Waals surface area contributed by atoms with Gasteiger partial charge in [-0.2, -0.15) is 0 Å². The zero-order valence-corrected chi connectivity index (χ0v) is 14.3. The van der Waals surface area contributed by atoms with Gasteiger partial charge in [0.15, 0.2) is 11.4 Å². The minimum atomic E-state index is -0.677. The molecule has 1 aromatic heterocycles. The number of fused-ring (bicyclic) bond motifs is 1. The SMILES string of the molecule is CCCCOc1c2n(ccc1=O)C(C)(CO)CN(C(C)C)C2=O. The molecule has 1 aliphatic rings. The van der Waals surface area contributed by atoms with Crippen LogP contribution < -0.4 is 10.2 Å². The molecule has 2 heterocycles. The molecule has 1 N–H and O–H groups in total. The van der Waals surface area contributed by atoms with Crippen LogP contribution in [-0.2, 0) is 5.54 Å². The van der Waals surface area contributed by atoms with Crippen molar-refractivity contribution in [2.75, 3.05) is 19.8 Å². The van der Waals surface area contributed by atoms with Gasteiger partial charge in [-0.25, -0.2) is 0 Å². The summed E-state index contributed by atoms with van der Waals surface area (Å²) in [4.78, 5) is 26.8. The summed E-state index contributed by atoms with van der Waals surface area (Å²) in [6.07, 6.45) is 3.33. The molecular formula is C17H26N2O4. The Morgan fingerprint density at radius 2 is 2.09 bits per heavy atom. The van der Waals surface area contributed by atoms with Gasteiger partial charge in [0.25, 0.3) is 5.91 Å². The van der Waals surface area contributed by atoms with Crippen molar-refractivity contribution in [3.8, 4) is 5.75 Å². The summed E-state index contributed by atoms with van der Waals surface area (Å²) in [5.41, 5.74) is -0.735. The quantitative estimate of drug-likeness (QED) is 0.808. The Balaban J connectivity index is 2.59. The maximum Gasteiger partial charge on any atom is 0.274 e. The molecule has 6 heteroatoms. The minimum Gasteiger partial charge on any atom is -0.487 e. The first-order valence-electron chi connectivity index (χ1n) is 8.16. The van der Waals surface area contributed by atoms with Crippen LogP contribution in [0, 0.1) is 0 Å². The van der Waals surface area contributed by atoms with Crippen molar-refractivity contribution in [3.63, 3.8) is 0 Å². The lowest BCUT2D eigenvalue weighted by Crippen LogP contribution is -2.56. The summed E-state index contributed by atoms with van der Waals surface area (Å²) in [7, 11) is 0. The zero-order chi connectivity index (χ0) is 17.2. The number of unbranched alkanes of at least 4 members (excludes halogenated alkanes) is 1. The number of carbonyl (C=O) groups is 1. The summed E-state index contributed by atoms with van der Waals surface area (Å²) in [5, 5.41) is 9.88. The number of aliphatic hydroxyl groups is 1. The van der Waals surface area contributed by atoms with Gasteiger partial charge in [-0.1, -0.05) is 13.3 Å². The molecule has 0 saturated carbocycles. The van der Waals surface area contributed by atoms with Crippen LogP contribution in [0.4, 0.5) is 0 Å². The zero-order valence-electron chi connectivity index (χ0n) is 14.3. The van der Waals surface area contributed by atoms with E-state index in [1.165, 1.54) is 6.07 Å². The van der Waals surface area contributed by atoms with Gasteiger partial charge in [-0.05, 0) is 27.2 Å². The highest BCUT2D eigenvalue weighted by molar-refractivity contribution is 5.96. The van der Waals surface area contributed by atoms with Gasteiger partial charge < -0.3 is 19.3 Å². The van der Waals surface area contributed by atoms with Gasteiger partial charge in [-0.3, -0.25) is 9.59 Å². The fourth-order valence-electron chi connectivity index (χ4n) is 2.82. The van der Waals surface area contributed by atoms with Crippen molar-refractivity contribution in [1.82, 2.24) is 9.47 Å². The molecule has 2 rings (SSSR count). The molecule has 128 valence electrons. The fourth-order valence-corrected chi connectivity index (χ4v) is 2.82. The number of aliphatic hydroxyl groups excluding tert-OH is 1. The molecule has 0 spiro atoms. The predicted molar refractivity (Wildman–Crippen MR) is 88.0 cm³/mol. The number of hydrogen-bond acceptors (Lipinski definition) is 4. The fraction of sp³-hybridized carbons (Fsp3) is 0.647. The van der Waals surface area contributed by atoms with Gasteiger partial charge >= 0.3 is 0 Å². The first-order chi connectivity index (χ1) is 10.9. The monoisotopic (exact) mass is 322 g/mol. The smallest absolute Gasteiger partial charge is 0.274 e. The van der Waals surface area contributed by atoms with E-state index in [4.69, 9.17) is 4.74 Å². The number of carbonyl (C=O) groups excluding carboxylic acids is 1. The molecule has 0 radical (unpaired) electrons. The molecule has 0 aromatic carbocycles. The first-order valence-corrected chi connectivity index (χ1v) is 8.16. The van der Waals surface area contributed by atoms with Gasteiger partial charge in [0.1, 0.15) is 0 Å². The third-order valence-corrected chi connectivity index (χ3v) is 4.32. The van der Waals surface area contributed by atoms with Gasteiger partial charge in [0.2, 0.25) is 5.43 Å². The van der Waals surface area contributed by atoms with Gasteiger partial charge in [0, 0.05) is 24.8 Å². The van der Waals surface area contributed by atoms with Crippen molar-refractivity contribution >= 4 is 5.91 Å². The molecule has 0 aliphatic carbocycles. The average molecular weight is 322 g/mol. The van der Waals surface area contributed by atoms with Crippen LogP contribution in [0.2, 0.25) is 0 Å². The van der Waals surface area contributed by atoms with Crippen molar-refractivity contribution < 1.29 is 14.6 Å². The maximum atomic E-state index is 12.9. The molecule has 0 saturated heterocycles. The van der Waals surface area contributed by atoms with Crippen LogP contribution in [0.25, 0.3) is 0 Å². The molecule has 1 aromatic rings. The molecule has 1 unspecified atom stereocenters. The third-order valence-electron chi connectivity index (χ3n) is 4.32. The predicted octanol–water partition coefficient (Wildman–Crippen LogP) is 1.60. The van der Waals surface area contributed by atoms with Crippen molar-refractivity contribution in [1.29, 1.82) is 0 Å². The normalized spacial score (nSPS) is 20.8. The second-order valence-electron chi connectivity index (χ2n) is 6.61. The second-order valence-corrected chi connectivity index (χ2v) is 6.61. The van der Waals surface area contributed by atoms with Crippen molar-refractivity contribution in [3.05, 3.63) is 28.2 Å². The Kier molecular flexibility index (Phi) is 5.14. The average Bonchev–Trinajstić information content (AvgIpc) is 2.52. The molecular weight excluding hydrogens is 296 g/mol. The van der Waals surface area contributed by atoms with E-state index in [1.807, 2.05) is 27.7 Å². The van der Waals surface area contributed by atoms with Crippen molar-refractivity contribution in [2.45, 2.75) is 52.1 Å². The Morgan fingerprint density at radius 1 is 1.39 bits per heavy atom. The van der Waals surface area contributed by atoms with E-state index in [9.17, 15) is 14.7 Å². The summed E-state index contributed by atoms with van der Waals surface area (Å²) < 4.78 is 7.34. The number of hydrogen-bond donors (Lipinski definition) is 1. The second kappa shape index (κ2) is 6.74. The standard InChI is InChI=1S/C17H26N2O4/c1-5-6-9-23-15-13(21)7-8-19-14(15)16(22)18(12(2)3)10-17(19,4)11-20/h7-8,12,20H,5-6,9-11H2,1-4H3. The summed E-state index contributed by atoms with van der Waals surface area (Å²) >= 11 is 0. The topological polar surface area (TPSA) is 71.8 Å². The lowest BCUT2D eigenvalue weighted by atomic mass is 9.96. The molecule has 0 bridgehead atoms. The number of amides is 1. The van der Waals surface area contributed by atoms with Crippen LogP contribution in [0.15, 0.2) is 17.1 Å². The van der Waals surface area contributed by atoms with E-state index in [-0.39, 0.29) is 35.4 Å². The minimum absolute atomic E-state index is 0.0269. The van der Waals surface area contributed by atoms with Crippen molar-refractivity contribution in [2.24, 2.45) is 0 Å². The number of aromatic nitrogens is 1. The number of pyridine rings is 1. The Labute approximate surface area is 136 Å². The van der Waals surface area contributed by atoms with Crippen LogP contribution >= 0.6 is 0 Å². The summed E-state index contributed by atoms with van der Waals surface area (Å²) in [5.74, 6) is -0.133. The summed E-state index contributed by atoms with van der Waals surface area (Å²) in [6.45, 7) is 8.41. The van der Waals surface area contributed by atoms with E-state index in [0.717, 1.165) is 12.8 Å². The Bertz CT molecular complexity index is 638. The Morgan fingerprint density at radius 3 is 2.65 bits per heavy atom. The molecule has 1 amide bonds. The summed E-state index contributed by atoms with van der Waals surface area (Å²) in [6, 6.07) is 1.37. The van der Waals surface area contributed by atoms with Crippen LogP contribution in [0.1, 0.15) is 51.0 Å². The molecule has 6 nitrogen and oxygen atoms in total. The van der Waals surface area contributed by atoms with E-state index < -0.39 is 5.54 Å². The maximum absolute atomic E-state index is 12.9. The highest BCUT2D eigenvalue weighted by atomic mass is 16.5. The van der Waals surface area contributed by atoms with E-state index in [0.29, 0.717) is 13.2 Å².